The summed E-state index contributed by atoms with van der Waals surface area (Å²) in [4.78, 5) is 0. The lowest BCUT2D eigenvalue weighted by molar-refractivity contribution is 0.416. The first-order valence-corrected chi connectivity index (χ1v) is 4.82. The van der Waals surface area contributed by atoms with Gasteiger partial charge in [0.15, 0.2) is 11.6 Å². The van der Waals surface area contributed by atoms with Crippen molar-refractivity contribution in [3.05, 3.63) is 29.1 Å². The van der Waals surface area contributed by atoms with E-state index < -0.39 is 17.6 Å². The van der Waals surface area contributed by atoms with Gasteiger partial charge in [-0.25, -0.2) is 4.39 Å². The molecule has 1 aromatic rings. The Kier molecular flexibility index (Phi) is 3.74. The van der Waals surface area contributed by atoms with Gasteiger partial charge in [-0.05, 0) is 30.9 Å². The van der Waals surface area contributed by atoms with Crippen molar-refractivity contribution < 1.29 is 9.50 Å². The van der Waals surface area contributed by atoms with Crippen molar-refractivity contribution in [3.8, 4) is 11.8 Å². The van der Waals surface area contributed by atoms with Crippen LogP contribution in [0, 0.1) is 23.1 Å². The van der Waals surface area contributed by atoms with Gasteiger partial charge >= 0.3 is 0 Å². The van der Waals surface area contributed by atoms with E-state index in [9.17, 15) is 9.50 Å². The summed E-state index contributed by atoms with van der Waals surface area (Å²) >= 11 is 0. The number of aromatic hydroxyl groups is 1. The Hall–Kier alpha value is -1.31. The molecule has 0 heterocycles. The maximum Gasteiger partial charge on any atom is 0.165 e. The maximum atomic E-state index is 13.1. The van der Waals surface area contributed by atoms with E-state index in [4.69, 9.17) is 11.0 Å². The van der Waals surface area contributed by atoms with Crippen LogP contribution in [0.4, 0.5) is 4.39 Å². The fraction of sp³-hybridized carbons (Fsp3) is 0.364. The zero-order valence-electron chi connectivity index (χ0n) is 8.48. The molecule has 1 atom stereocenters. The quantitative estimate of drug-likeness (QED) is 0.836. The minimum atomic E-state index is -0.722. The van der Waals surface area contributed by atoms with Gasteiger partial charge in [-0.2, -0.15) is 5.26 Å². The van der Waals surface area contributed by atoms with Crippen molar-refractivity contribution in [1.29, 1.82) is 5.26 Å². The number of rotatable bonds is 2. The lowest BCUT2D eigenvalue weighted by Crippen LogP contribution is -2.14. The number of hydrogen-bond acceptors (Lipinski definition) is 3. The number of phenolic OH excluding ortho intramolecular Hbond substituents is 1. The molecule has 86 valence electrons. The molecule has 2 rings (SSSR count). The zero-order chi connectivity index (χ0) is 11.0. The summed E-state index contributed by atoms with van der Waals surface area (Å²) < 4.78 is 13.1. The number of nitrogens with zero attached hydrogens (tertiary/aromatic N) is 1. The molecule has 1 aromatic carbocycles. The molecule has 0 saturated heterocycles. The summed E-state index contributed by atoms with van der Waals surface area (Å²) in [6.07, 6.45) is 1.95. The van der Waals surface area contributed by atoms with Crippen LogP contribution < -0.4 is 5.73 Å². The molecular formula is C11H12ClFN2O. The third kappa shape index (κ3) is 2.11. The number of nitrogens with two attached hydrogens (primary N) is 1. The Labute approximate surface area is 99.1 Å². The maximum absolute atomic E-state index is 13.1. The molecule has 1 saturated carbocycles. The van der Waals surface area contributed by atoms with E-state index in [1.54, 1.807) is 0 Å². The fourth-order valence-electron chi connectivity index (χ4n) is 1.71. The summed E-state index contributed by atoms with van der Waals surface area (Å²) in [6, 6.07) is 3.92. The number of nitriles is 1. The molecule has 0 spiro atoms. The van der Waals surface area contributed by atoms with Crippen molar-refractivity contribution >= 4 is 12.4 Å². The van der Waals surface area contributed by atoms with E-state index in [0.29, 0.717) is 0 Å². The third-order valence-corrected chi connectivity index (χ3v) is 2.75. The summed E-state index contributed by atoms with van der Waals surface area (Å²) in [6.45, 7) is 0. The SMILES string of the molecule is Cl.N#Cc1ccc(F)c(O)c1[C@@H](N)C1CC1. The number of halogens is 2. The van der Waals surface area contributed by atoms with Crippen molar-refractivity contribution in [3.63, 3.8) is 0 Å². The second-order valence-corrected chi connectivity index (χ2v) is 3.83. The van der Waals surface area contributed by atoms with Crippen LogP contribution in [-0.2, 0) is 0 Å². The topological polar surface area (TPSA) is 70.0 Å². The van der Waals surface area contributed by atoms with Gasteiger partial charge in [-0.3, -0.25) is 0 Å². The first kappa shape index (κ1) is 12.8. The molecule has 1 aliphatic rings. The molecule has 0 bridgehead atoms. The normalized spacial score (nSPS) is 16.1. The van der Waals surface area contributed by atoms with Crippen LogP contribution in [0.25, 0.3) is 0 Å². The predicted octanol–water partition coefficient (Wildman–Crippen LogP) is 2.23. The van der Waals surface area contributed by atoms with Gasteiger partial charge in [0.25, 0.3) is 0 Å². The molecule has 0 unspecified atom stereocenters. The number of hydrogen-bond donors (Lipinski definition) is 2. The third-order valence-electron chi connectivity index (χ3n) is 2.75. The lowest BCUT2D eigenvalue weighted by atomic mass is 9.97. The molecule has 0 aliphatic heterocycles. The molecule has 5 heteroatoms. The Bertz CT molecular complexity index is 440. The van der Waals surface area contributed by atoms with Crippen LogP contribution in [0.2, 0.25) is 0 Å². The van der Waals surface area contributed by atoms with Crippen molar-refractivity contribution in [1.82, 2.24) is 0 Å². The average molecular weight is 243 g/mol. The average Bonchev–Trinajstić information content (AvgIpc) is 3.04. The Balaban J connectivity index is 0.00000128. The van der Waals surface area contributed by atoms with Crippen molar-refractivity contribution in [2.45, 2.75) is 18.9 Å². The summed E-state index contributed by atoms with van der Waals surface area (Å²) in [5, 5.41) is 18.4. The van der Waals surface area contributed by atoms with Crippen LogP contribution in [0.15, 0.2) is 12.1 Å². The first-order valence-electron chi connectivity index (χ1n) is 4.82. The first-order chi connectivity index (χ1) is 7.15. The predicted molar refractivity (Wildman–Crippen MR) is 59.7 cm³/mol. The van der Waals surface area contributed by atoms with Crippen LogP contribution in [0.5, 0.6) is 5.75 Å². The van der Waals surface area contributed by atoms with E-state index in [-0.39, 0.29) is 29.5 Å². The monoisotopic (exact) mass is 242 g/mol. The number of benzene rings is 1. The summed E-state index contributed by atoms with van der Waals surface area (Å²) in [5.41, 5.74) is 6.38. The molecule has 3 N–H and O–H groups in total. The highest BCUT2D eigenvalue weighted by atomic mass is 35.5. The molecule has 0 radical (unpaired) electrons. The van der Waals surface area contributed by atoms with Gasteiger partial charge in [0.1, 0.15) is 0 Å². The second kappa shape index (κ2) is 4.69. The van der Waals surface area contributed by atoms with Crippen LogP contribution >= 0.6 is 12.4 Å². The molecule has 0 amide bonds. The molecule has 1 fully saturated rings. The Morgan fingerprint density at radius 1 is 1.50 bits per heavy atom. The molecule has 16 heavy (non-hydrogen) atoms. The van der Waals surface area contributed by atoms with Crippen molar-refractivity contribution in [2.24, 2.45) is 11.7 Å². The van der Waals surface area contributed by atoms with Gasteiger partial charge in [-0.1, -0.05) is 0 Å². The molecule has 1 aliphatic carbocycles. The van der Waals surface area contributed by atoms with E-state index in [2.05, 4.69) is 0 Å². The smallest absolute Gasteiger partial charge is 0.165 e. The van der Waals surface area contributed by atoms with E-state index >= 15 is 0 Å². The Morgan fingerprint density at radius 3 is 2.62 bits per heavy atom. The largest absolute Gasteiger partial charge is 0.505 e. The van der Waals surface area contributed by atoms with Gasteiger partial charge in [-0.15, -0.1) is 12.4 Å². The van der Waals surface area contributed by atoms with Gasteiger partial charge < -0.3 is 10.8 Å². The summed E-state index contributed by atoms with van der Waals surface area (Å²) in [5.74, 6) is -0.932. The van der Waals surface area contributed by atoms with Crippen LogP contribution in [0.3, 0.4) is 0 Å². The van der Waals surface area contributed by atoms with Gasteiger partial charge in [0, 0.05) is 11.6 Å². The highest BCUT2D eigenvalue weighted by Crippen LogP contribution is 2.43. The highest BCUT2D eigenvalue weighted by Gasteiger charge is 2.33. The molecule has 3 nitrogen and oxygen atoms in total. The van der Waals surface area contributed by atoms with Crippen LogP contribution in [-0.4, -0.2) is 5.11 Å². The van der Waals surface area contributed by atoms with Crippen molar-refractivity contribution in [2.75, 3.05) is 0 Å². The minimum Gasteiger partial charge on any atom is -0.505 e. The second-order valence-electron chi connectivity index (χ2n) is 3.83. The number of phenols is 1. The van der Waals surface area contributed by atoms with Crippen LogP contribution in [0.1, 0.15) is 30.0 Å². The molecular weight excluding hydrogens is 231 g/mol. The zero-order valence-corrected chi connectivity index (χ0v) is 9.30. The van der Waals surface area contributed by atoms with E-state index in [1.165, 1.54) is 6.07 Å². The lowest BCUT2D eigenvalue weighted by Gasteiger charge is -2.14. The Morgan fingerprint density at radius 2 is 2.12 bits per heavy atom. The van der Waals surface area contributed by atoms with E-state index in [1.807, 2.05) is 6.07 Å². The fourth-order valence-corrected chi connectivity index (χ4v) is 1.71. The summed E-state index contributed by atoms with van der Waals surface area (Å²) in [7, 11) is 0. The van der Waals surface area contributed by atoms with Gasteiger partial charge in [0.05, 0.1) is 11.6 Å². The highest BCUT2D eigenvalue weighted by molar-refractivity contribution is 5.85. The molecule has 0 aromatic heterocycles. The minimum absolute atomic E-state index is 0. The van der Waals surface area contributed by atoms with Gasteiger partial charge in [0.2, 0.25) is 0 Å². The van der Waals surface area contributed by atoms with E-state index in [0.717, 1.165) is 18.9 Å². The standard InChI is InChI=1S/C11H11FN2O.ClH/c12-8-4-3-7(5-13)9(11(8)15)10(14)6-1-2-6;/h3-4,6,10,15H,1-2,14H2;1H/t10-;/m0./s1.